The average molecular weight is 316 g/mol. The van der Waals surface area contributed by atoms with E-state index >= 15 is 0 Å². The van der Waals surface area contributed by atoms with E-state index in [1.807, 2.05) is 13.8 Å². The summed E-state index contributed by atoms with van der Waals surface area (Å²) < 4.78 is 5.22. The Balaban J connectivity index is 2.25. The van der Waals surface area contributed by atoms with Gasteiger partial charge in [0.2, 0.25) is 0 Å². The van der Waals surface area contributed by atoms with Crippen LogP contribution in [0.4, 0.5) is 0 Å². The summed E-state index contributed by atoms with van der Waals surface area (Å²) in [6.45, 7) is 8.81. The van der Waals surface area contributed by atoms with Crippen molar-refractivity contribution in [3.63, 3.8) is 0 Å². The summed E-state index contributed by atoms with van der Waals surface area (Å²) >= 11 is 0. The Kier molecular flexibility index (Phi) is 8.93. The first-order chi connectivity index (χ1) is 10.4. The van der Waals surface area contributed by atoms with Crippen molar-refractivity contribution >= 4 is 5.97 Å². The minimum Gasteiger partial charge on any atom is -0.460 e. The van der Waals surface area contributed by atoms with Crippen molar-refractivity contribution in [3.8, 4) is 0 Å². The number of nitrogens with zero attached hydrogens (tertiary/aromatic N) is 1. The zero-order chi connectivity index (χ0) is 16.5. The van der Waals surface area contributed by atoms with E-state index < -0.39 is 0 Å². The molecule has 0 bridgehead atoms. The molecule has 6 nitrogen and oxygen atoms in total. The van der Waals surface area contributed by atoms with Crippen molar-refractivity contribution in [1.29, 1.82) is 0 Å². The molecule has 0 saturated carbocycles. The summed E-state index contributed by atoms with van der Waals surface area (Å²) in [7, 11) is 0. The lowest BCUT2D eigenvalue weighted by Gasteiger charge is -2.28. The first kappa shape index (κ1) is 19.4. The molecule has 1 aliphatic rings. The van der Waals surface area contributed by atoms with Gasteiger partial charge in [-0.15, -0.1) is 0 Å². The average Bonchev–Trinajstić information content (AvgIpc) is 2.44. The van der Waals surface area contributed by atoms with Crippen LogP contribution in [0.15, 0.2) is 0 Å². The van der Waals surface area contributed by atoms with Crippen LogP contribution >= 0.6 is 0 Å². The van der Waals surface area contributed by atoms with Gasteiger partial charge < -0.3 is 25.2 Å². The molecule has 0 radical (unpaired) electrons. The van der Waals surface area contributed by atoms with Crippen LogP contribution in [0.1, 0.15) is 40.0 Å². The van der Waals surface area contributed by atoms with Crippen molar-refractivity contribution in [1.82, 2.24) is 10.2 Å². The molecule has 0 aliphatic carbocycles. The number of hydrogen-bond acceptors (Lipinski definition) is 6. The van der Waals surface area contributed by atoms with Crippen molar-refractivity contribution in [2.75, 3.05) is 32.8 Å². The summed E-state index contributed by atoms with van der Waals surface area (Å²) in [6, 6.07) is -0.183. The second-order valence-corrected chi connectivity index (χ2v) is 6.60. The number of unbranched alkanes of at least 4 members (excludes halogenated alkanes) is 1. The first-order valence-electron chi connectivity index (χ1n) is 8.37. The summed E-state index contributed by atoms with van der Waals surface area (Å²) in [5.74, 6) is 0.0590. The molecule has 130 valence electrons. The van der Waals surface area contributed by atoms with Gasteiger partial charge in [0.1, 0.15) is 12.1 Å². The molecule has 0 aromatic rings. The molecule has 4 atom stereocenters. The lowest BCUT2D eigenvalue weighted by Crippen LogP contribution is -2.48. The second-order valence-electron chi connectivity index (χ2n) is 6.60. The smallest absolute Gasteiger partial charge is 0.323 e. The van der Waals surface area contributed by atoms with Gasteiger partial charge >= 0.3 is 5.97 Å². The maximum Gasteiger partial charge on any atom is 0.323 e. The maximum atomic E-state index is 11.7. The highest BCUT2D eigenvalue weighted by Crippen LogP contribution is 2.10. The van der Waals surface area contributed by atoms with Gasteiger partial charge in [-0.2, -0.15) is 0 Å². The number of esters is 1. The fourth-order valence-corrected chi connectivity index (χ4v) is 2.75. The summed E-state index contributed by atoms with van der Waals surface area (Å²) in [6.07, 6.45) is 2.27. The zero-order valence-electron chi connectivity index (χ0n) is 14.1. The van der Waals surface area contributed by atoms with E-state index in [0.29, 0.717) is 6.54 Å². The van der Waals surface area contributed by atoms with Gasteiger partial charge in [-0.1, -0.05) is 13.3 Å². The molecular weight excluding hydrogens is 284 g/mol. The van der Waals surface area contributed by atoms with Crippen LogP contribution < -0.4 is 5.32 Å². The molecule has 6 heteroatoms. The fraction of sp³-hybridized carbons (Fsp3) is 0.938. The lowest BCUT2D eigenvalue weighted by molar-refractivity contribution is -0.155. The van der Waals surface area contributed by atoms with Crippen molar-refractivity contribution in [3.05, 3.63) is 0 Å². The normalized spacial score (nSPS) is 25.1. The number of carbonyl (C=O) groups is 1. The third kappa shape index (κ3) is 7.54. The van der Waals surface area contributed by atoms with Crippen LogP contribution in [0.3, 0.4) is 0 Å². The van der Waals surface area contributed by atoms with Gasteiger partial charge in [-0.05, 0) is 39.2 Å². The molecule has 1 rings (SSSR count). The van der Waals surface area contributed by atoms with Gasteiger partial charge in [0.15, 0.2) is 0 Å². The molecule has 0 aromatic carbocycles. The number of nitrogens with one attached hydrogen (secondary N) is 1. The van der Waals surface area contributed by atoms with E-state index in [2.05, 4.69) is 10.2 Å². The highest BCUT2D eigenvalue weighted by molar-refractivity contribution is 5.76. The van der Waals surface area contributed by atoms with Crippen molar-refractivity contribution in [2.24, 2.45) is 5.92 Å². The predicted octanol–water partition coefficient (Wildman–Crippen LogP) is 0.371. The molecular formula is C16H32N2O4. The fourth-order valence-electron chi connectivity index (χ4n) is 2.75. The van der Waals surface area contributed by atoms with Gasteiger partial charge in [0.05, 0.1) is 6.10 Å². The molecule has 0 aromatic heterocycles. The van der Waals surface area contributed by atoms with Gasteiger partial charge in [-0.25, -0.2) is 0 Å². The molecule has 1 fully saturated rings. The van der Waals surface area contributed by atoms with Crippen LogP contribution in [0, 0.1) is 5.92 Å². The third-order valence-corrected chi connectivity index (χ3v) is 3.87. The van der Waals surface area contributed by atoms with E-state index in [-0.39, 0.29) is 36.7 Å². The summed E-state index contributed by atoms with van der Waals surface area (Å²) in [5, 5.41) is 21.9. The second kappa shape index (κ2) is 10.2. The number of carbonyl (C=O) groups excluding carboxylic acids is 1. The van der Waals surface area contributed by atoms with Crippen LogP contribution in [0.2, 0.25) is 0 Å². The minimum absolute atomic E-state index is 0.0368. The molecule has 1 aliphatic heterocycles. The number of rotatable bonds is 10. The van der Waals surface area contributed by atoms with Crippen LogP contribution in [-0.4, -0.2) is 72.1 Å². The molecule has 0 amide bonds. The Labute approximate surface area is 133 Å². The standard InChI is InChI=1S/C16H32N2O4/c1-12(11-19)9-18(10-13(2)20)7-5-4-6-15-16(21)22-14(3)8-17-15/h12-15,17,19-20H,4-11H2,1-3H3. The maximum absolute atomic E-state index is 11.7. The molecule has 22 heavy (non-hydrogen) atoms. The Bertz CT molecular complexity index is 325. The number of cyclic esters (lactones) is 1. The predicted molar refractivity (Wildman–Crippen MR) is 85.6 cm³/mol. The lowest BCUT2D eigenvalue weighted by atomic mass is 10.1. The highest BCUT2D eigenvalue weighted by Gasteiger charge is 2.26. The Hall–Kier alpha value is -0.690. The van der Waals surface area contributed by atoms with E-state index in [1.54, 1.807) is 6.92 Å². The van der Waals surface area contributed by atoms with Gasteiger partial charge in [-0.3, -0.25) is 4.79 Å². The van der Waals surface area contributed by atoms with Crippen LogP contribution in [-0.2, 0) is 9.53 Å². The van der Waals surface area contributed by atoms with Crippen LogP contribution in [0.25, 0.3) is 0 Å². The minimum atomic E-state index is -0.373. The molecule has 0 spiro atoms. The topological polar surface area (TPSA) is 82.0 Å². The number of morpholine rings is 1. The quantitative estimate of drug-likeness (QED) is 0.399. The van der Waals surface area contributed by atoms with Gasteiger partial charge in [0.25, 0.3) is 0 Å². The van der Waals surface area contributed by atoms with E-state index in [4.69, 9.17) is 9.84 Å². The largest absolute Gasteiger partial charge is 0.460 e. The number of ether oxygens (including phenoxy) is 1. The Morgan fingerprint density at radius 2 is 2.09 bits per heavy atom. The monoisotopic (exact) mass is 316 g/mol. The summed E-state index contributed by atoms with van der Waals surface area (Å²) in [5.41, 5.74) is 0. The van der Waals surface area contributed by atoms with Crippen molar-refractivity contribution < 1.29 is 19.7 Å². The summed E-state index contributed by atoms with van der Waals surface area (Å²) in [4.78, 5) is 13.9. The van der Waals surface area contributed by atoms with E-state index in [9.17, 15) is 9.90 Å². The van der Waals surface area contributed by atoms with Crippen LogP contribution in [0.5, 0.6) is 0 Å². The number of aliphatic hydroxyl groups is 2. The van der Waals surface area contributed by atoms with E-state index in [0.717, 1.165) is 38.9 Å². The number of hydrogen-bond donors (Lipinski definition) is 3. The zero-order valence-corrected chi connectivity index (χ0v) is 14.1. The SMILES string of the molecule is CC(O)CN(CCCCC1NCC(C)OC1=O)CC(C)CO. The third-order valence-electron chi connectivity index (χ3n) is 3.87. The number of aliphatic hydroxyl groups excluding tert-OH is 2. The molecule has 1 heterocycles. The van der Waals surface area contributed by atoms with Gasteiger partial charge in [0, 0.05) is 26.2 Å². The van der Waals surface area contributed by atoms with E-state index in [1.165, 1.54) is 0 Å². The Morgan fingerprint density at radius 3 is 2.68 bits per heavy atom. The first-order valence-corrected chi connectivity index (χ1v) is 8.37. The molecule has 3 N–H and O–H groups in total. The molecule has 1 saturated heterocycles. The van der Waals surface area contributed by atoms with Crippen molar-refractivity contribution in [2.45, 2.75) is 58.3 Å². The molecule has 4 unspecified atom stereocenters. The highest BCUT2D eigenvalue weighted by atomic mass is 16.5. The Morgan fingerprint density at radius 1 is 1.36 bits per heavy atom.